The van der Waals surface area contributed by atoms with Gasteiger partial charge in [-0.05, 0) is 67.8 Å². The van der Waals surface area contributed by atoms with E-state index in [2.05, 4.69) is 76.0 Å². The number of nitrogens with zero attached hydrogens (tertiary/aromatic N) is 3. The maximum Gasteiger partial charge on any atom is 0.322 e. The number of aliphatic hydroxyl groups is 1. The van der Waals surface area contributed by atoms with E-state index in [4.69, 9.17) is 18.9 Å². The number of aromatic amines is 1. The van der Waals surface area contributed by atoms with Gasteiger partial charge in [-0.3, -0.25) is 24.2 Å². The maximum absolute atomic E-state index is 15.4. The predicted molar refractivity (Wildman–Crippen MR) is 233 cm³/mol. The molecule has 2 aromatic carbocycles. The smallest absolute Gasteiger partial charge is 0.322 e. The van der Waals surface area contributed by atoms with Crippen molar-refractivity contribution in [1.82, 2.24) is 14.8 Å². The number of methoxy groups -OCH3 is 2. The minimum atomic E-state index is -1.85. The summed E-state index contributed by atoms with van der Waals surface area (Å²) in [5.74, 6) is -1.18. The zero-order chi connectivity index (χ0) is 43.2. The normalized spacial score (nSPS) is 33.7. The van der Waals surface area contributed by atoms with Gasteiger partial charge in [0.05, 0.1) is 26.2 Å². The van der Waals surface area contributed by atoms with Crippen LogP contribution in [0.5, 0.6) is 5.75 Å². The lowest BCUT2D eigenvalue weighted by molar-refractivity contribution is -0.233. The molecule has 6 aliphatic rings. The molecule has 2 fully saturated rings. The van der Waals surface area contributed by atoms with Crippen LogP contribution in [0.15, 0.2) is 60.2 Å². The van der Waals surface area contributed by atoms with Gasteiger partial charge in [0, 0.05) is 90.9 Å². The molecule has 1 spiro atoms. The number of rotatable bonds is 9. The van der Waals surface area contributed by atoms with Crippen LogP contribution in [0, 0.1) is 17.3 Å². The van der Waals surface area contributed by atoms with E-state index < -0.39 is 51.8 Å². The van der Waals surface area contributed by atoms with E-state index in [9.17, 15) is 14.7 Å². The fourth-order valence-corrected chi connectivity index (χ4v) is 13.3. The number of aromatic nitrogens is 1. The lowest BCUT2D eigenvalue weighted by Crippen LogP contribution is -2.80. The maximum atomic E-state index is 15.4. The molecule has 12 nitrogen and oxygen atoms in total. The highest BCUT2D eigenvalue weighted by atomic mass is 16.6. The molecule has 3 aromatic rings. The fourth-order valence-electron chi connectivity index (χ4n) is 13.3. The molecule has 5 aliphatic heterocycles. The minimum absolute atomic E-state index is 0.0322. The molecule has 0 amide bonds. The van der Waals surface area contributed by atoms with Gasteiger partial charge in [0.25, 0.3) is 0 Å². The Morgan fingerprint density at radius 3 is 2.54 bits per heavy atom. The van der Waals surface area contributed by atoms with Crippen LogP contribution in [-0.2, 0) is 45.8 Å². The number of H-pyrrole nitrogens is 1. The van der Waals surface area contributed by atoms with Crippen molar-refractivity contribution in [1.29, 1.82) is 0 Å². The summed E-state index contributed by atoms with van der Waals surface area (Å²) in [6, 6.07) is 11.6. The van der Waals surface area contributed by atoms with Crippen molar-refractivity contribution in [3.63, 3.8) is 0 Å². The van der Waals surface area contributed by atoms with Crippen LogP contribution >= 0.6 is 0 Å². The second kappa shape index (κ2) is 15.0. The molecule has 1 aromatic heterocycles. The summed E-state index contributed by atoms with van der Waals surface area (Å²) in [6.07, 6.45) is 8.97. The molecular weight excluding hydrogens is 773 g/mol. The van der Waals surface area contributed by atoms with E-state index in [1.165, 1.54) is 19.6 Å². The third-order valence-electron chi connectivity index (χ3n) is 15.6. The summed E-state index contributed by atoms with van der Waals surface area (Å²) in [6.45, 7) is 12.8. The average molecular weight is 835 g/mol. The molecule has 2 bridgehead atoms. The first kappa shape index (κ1) is 41.7. The Hall–Kier alpha value is -4.65. The Labute approximate surface area is 359 Å². The summed E-state index contributed by atoms with van der Waals surface area (Å²) in [5.41, 5.74) is 2.00. The Balaban J connectivity index is 1.35. The van der Waals surface area contributed by atoms with Crippen molar-refractivity contribution in [2.24, 2.45) is 17.3 Å². The molecule has 12 heteroatoms. The van der Waals surface area contributed by atoms with Gasteiger partial charge in [-0.25, -0.2) is 0 Å². The molecule has 9 rings (SSSR count). The third kappa shape index (κ3) is 5.83. The molecule has 6 heterocycles. The van der Waals surface area contributed by atoms with Gasteiger partial charge in [0.2, 0.25) is 0 Å². The van der Waals surface area contributed by atoms with Gasteiger partial charge < -0.3 is 33.9 Å². The van der Waals surface area contributed by atoms with Gasteiger partial charge in [-0.2, -0.15) is 0 Å². The Morgan fingerprint density at radius 1 is 1.05 bits per heavy atom. The molecule has 9 atom stereocenters. The van der Waals surface area contributed by atoms with Gasteiger partial charge in [-0.15, -0.1) is 0 Å². The van der Waals surface area contributed by atoms with Gasteiger partial charge >= 0.3 is 17.9 Å². The summed E-state index contributed by atoms with van der Waals surface area (Å²) >= 11 is 0. The quantitative estimate of drug-likeness (QED) is 0.154. The fraction of sp³-hybridized carbons (Fsp3) is 0.571. The SMILES string of the molecule is CCC1=C[C@@H]2CN(CCc3c([nH]c4ccccc34)[C@@](C(=O)OC)(c3cc4c(cc3OC)N(C)[C@H]3C(O)(COC(=O)C(C)C)[C@H](OC(C)=O)[C@]5(CC)C=CCN6CC[C@]43C65)C2)C1. The molecular formula is C49H62N4O8. The molecule has 0 radical (unpaired) electrons. The number of benzene rings is 2. The molecule has 61 heavy (non-hydrogen) atoms. The number of fused-ring (bicyclic) bond motifs is 6. The number of ether oxygens (including phenoxy) is 4. The molecule has 1 saturated heterocycles. The van der Waals surface area contributed by atoms with Crippen LogP contribution in [0.1, 0.15) is 82.7 Å². The predicted octanol–water partition coefficient (Wildman–Crippen LogP) is 5.82. The van der Waals surface area contributed by atoms with Gasteiger partial charge in [0.1, 0.15) is 23.9 Å². The van der Waals surface area contributed by atoms with Crippen molar-refractivity contribution in [2.45, 2.75) is 101 Å². The lowest BCUT2D eigenvalue weighted by Gasteiger charge is -2.64. The van der Waals surface area contributed by atoms with Crippen LogP contribution in [0.2, 0.25) is 0 Å². The number of carbonyl (C=O) groups is 3. The topological polar surface area (TPSA) is 134 Å². The Kier molecular flexibility index (Phi) is 10.3. The number of para-hydroxylation sites is 1. The van der Waals surface area contributed by atoms with Crippen LogP contribution < -0.4 is 9.64 Å². The van der Waals surface area contributed by atoms with E-state index in [-0.39, 0.29) is 24.5 Å². The molecule has 326 valence electrons. The number of likely N-dealkylation sites (N-methyl/N-ethyl adjacent to an activating group) is 1. The highest BCUT2D eigenvalue weighted by Gasteiger charge is 2.78. The number of hydrogen-bond donors (Lipinski definition) is 2. The van der Waals surface area contributed by atoms with Crippen LogP contribution in [0.4, 0.5) is 5.69 Å². The molecule has 2 N–H and O–H groups in total. The number of esters is 3. The summed E-state index contributed by atoms with van der Waals surface area (Å²) in [4.78, 5) is 52.7. The number of nitrogens with one attached hydrogen (secondary N) is 1. The first-order valence-electron chi connectivity index (χ1n) is 22.3. The van der Waals surface area contributed by atoms with Crippen molar-refractivity contribution in [3.05, 3.63) is 82.6 Å². The molecule has 1 aliphatic carbocycles. The van der Waals surface area contributed by atoms with Crippen LogP contribution in [0.3, 0.4) is 0 Å². The largest absolute Gasteiger partial charge is 0.496 e. The zero-order valence-electron chi connectivity index (χ0n) is 37.0. The van der Waals surface area contributed by atoms with E-state index in [0.29, 0.717) is 37.1 Å². The van der Waals surface area contributed by atoms with Gasteiger partial charge in [0.15, 0.2) is 5.60 Å². The average Bonchev–Trinajstić information content (AvgIpc) is 3.92. The van der Waals surface area contributed by atoms with Crippen molar-refractivity contribution in [2.75, 3.05) is 65.5 Å². The summed E-state index contributed by atoms with van der Waals surface area (Å²) in [5, 5.41) is 14.8. The van der Waals surface area contributed by atoms with Crippen LogP contribution in [0.25, 0.3) is 10.9 Å². The van der Waals surface area contributed by atoms with E-state index in [1.807, 2.05) is 19.2 Å². The Morgan fingerprint density at radius 2 is 1.84 bits per heavy atom. The Bertz CT molecular complexity index is 2330. The second-order valence-corrected chi connectivity index (χ2v) is 18.9. The lowest BCUT2D eigenvalue weighted by atomic mass is 9.47. The summed E-state index contributed by atoms with van der Waals surface area (Å²) in [7, 11) is 5.10. The van der Waals surface area contributed by atoms with E-state index in [1.54, 1.807) is 21.0 Å². The first-order chi connectivity index (χ1) is 29.2. The summed E-state index contributed by atoms with van der Waals surface area (Å²) < 4.78 is 24.8. The van der Waals surface area contributed by atoms with E-state index in [0.717, 1.165) is 72.4 Å². The molecule has 3 unspecified atom stereocenters. The van der Waals surface area contributed by atoms with Crippen LogP contribution in [-0.4, -0.2) is 122 Å². The van der Waals surface area contributed by atoms with Gasteiger partial charge in [-0.1, -0.05) is 69.7 Å². The number of anilines is 1. The highest BCUT2D eigenvalue weighted by molar-refractivity contribution is 5.94. The molecule has 1 saturated carbocycles. The monoisotopic (exact) mass is 834 g/mol. The second-order valence-electron chi connectivity index (χ2n) is 18.9. The minimum Gasteiger partial charge on any atom is -0.496 e. The van der Waals surface area contributed by atoms with Crippen molar-refractivity contribution < 1.29 is 38.4 Å². The van der Waals surface area contributed by atoms with Crippen molar-refractivity contribution >= 4 is 34.5 Å². The number of hydrogen-bond acceptors (Lipinski definition) is 11. The van der Waals surface area contributed by atoms with Crippen molar-refractivity contribution in [3.8, 4) is 5.75 Å². The zero-order valence-corrected chi connectivity index (χ0v) is 37.0. The first-order valence-corrected chi connectivity index (χ1v) is 22.3. The van der Waals surface area contributed by atoms with E-state index >= 15 is 4.79 Å². The third-order valence-corrected chi connectivity index (χ3v) is 15.6. The highest BCUT2D eigenvalue weighted by Crippen LogP contribution is 2.68. The number of carbonyl (C=O) groups excluding carboxylic acids is 3. The standard InChI is InChI=1S/C49H62N4O8/c1-9-31-22-32-25-48(45(56)59-8,40-34(16-20-52(26-31)27-32)33-14-11-12-15-37(33)50-40)36-23-35-38(24-39(36)58-7)51(6)43-47(35)18-21-53-19-13-17-46(10-2,42(47)53)44(61-30(5)54)49(43,57)28-60-41(55)29(3)4/h11-15,17,22-24,29,32,42-44,50,57H,9-10,16,18-21,25-28H2,1-8H3/t32-,42?,43+,44+,46+,47+,48-,49?/m0/s1.